The zero-order chi connectivity index (χ0) is 22.1. The normalized spacial score (nSPS) is 11.2. The van der Waals surface area contributed by atoms with Crippen LogP contribution in [-0.2, 0) is 10.1 Å². The van der Waals surface area contributed by atoms with E-state index in [0.29, 0.717) is 39.3 Å². The minimum atomic E-state index is -3.79. The average Bonchev–Trinajstić information content (AvgIpc) is 3.12. The first kappa shape index (κ1) is 21.3. The second kappa shape index (κ2) is 8.15. The van der Waals surface area contributed by atoms with Gasteiger partial charge in [0.2, 0.25) is 5.75 Å². The summed E-state index contributed by atoms with van der Waals surface area (Å²) in [6.45, 7) is 0. The van der Waals surface area contributed by atoms with Crippen LogP contribution in [0, 0.1) is 0 Å². The number of rotatable bonds is 8. The summed E-state index contributed by atoms with van der Waals surface area (Å²) >= 11 is 0. The molecule has 160 valence electrons. The van der Waals surface area contributed by atoms with E-state index >= 15 is 0 Å². The second-order valence-corrected chi connectivity index (χ2v) is 7.86. The van der Waals surface area contributed by atoms with Crippen LogP contribution in [-0.4, -0.2) is 53.9 Å². The van der Waals surface area contributed by atoms with E-state index in [9.17, 15) is 13.2 Å². The van der Waals surface area contributed by atoms with Gasteiger partial charge in [-0.2, -0.15) is 8.42 Å². The first-order valence-electron chi connectivity index (χ1n) is 8.65. The number of H-pyrrole nitrogens is 1. The Morgan fingerprint density at radius 1 is 0.833 bits per heavy atom. The van der Waals surface area contributed by atoms with Crippen molar-refractivity contribution >= 4 is 26.8 Å². The monoisotopic (exact) mass is 435 g/mol. The fraction of sp³-hybridized carbons (Fsp3) is 0.250. The van der Waals surface area contributed by atoms with Crippen molar-refractivity contribution in [3.8, 4) is 28.7 Å². The molecular formula is C20H21NO8S. The predicted molar refractivity (Wildman–Crippen MR) is 110 cm³/mol. The topological polar surface area (TPSA) is 113 Å². The molecule has 0 bridgehead atoms. The van der Waals surface area contributed by atoms with Crippen molar-refractivity contribution in [3.05, 3.63) is 41.6 Å². The number of ketones is 1. The van der Waals surface area contributed by atoms with Crippen molar-refractivity contribution in [2.24, 2.45) is 0 Å². The molecule has 3 aromatic rings. The number of aromatic nitrogens is 1. The van der Waals surface area contributed by atoms with Gasteiger partial charge in [0, 0.05) is 28.8 Å². The van der Waals surface area contributed by atoms with Crippen LogP contribution in [0.25, 0.3) is 10.9 Å². The van der Waals surface area contributed by atoms with Crippen LogP contribution in [0.1, 0.15) is 15.9 Å². The SMILES string of the molecule is COc1cc2[nH]cc(C(=O)c3cc(OC)c(OC)c(OC)c3)c2cc1OS(C)(=O)=O. The lowest BCUT2D eigenvalue weighted by molar-refractivity contribution is 0.103. The zero-order valence-corrected chi connectivity index (χ0v) is 17.9. The van der Waals surface area contributed by atoms with Crippen molar-refractivity contribution in [3.63, 3.8) is 0 Å². The highest BCUT2D eigenvalue weighted by molar-refractivity contribution is 7.86. The number of aromatic amines is 1. The highest BCUT2D eigenvalue weighted by atomic mass is 32.2. The van der Waals surface area contributed by atoms with Crippen LogP contribution in [0.15, 0.2) is 30.5 Å². The van der Waals surface area contributed by atoms with E-state index in [2.05, 4.69) is 4.98 Å². The molecule has 0 aliphatic heterocycles. The molecule has 0 amide bonds. The molecule has 3 rings (SSSR count). The van der Waals surface area contributed by atoms with Gasteiger partial charge in [0.05, 0.1) is 40.2 Å². The van der Waals surface area contributed by atoms with E-state index in [1.165, 1.54) is 40.7 Å². The van der Waals surface area contributed by atoms with Gasteiger partial charge in [-0.25, -0.2) is 0 Å². The van der Waals surface area contributed by atoms with Crippen LogP contribution in [0.4, 0.5) is 0 Å². The van der Waals surface area contributed by atoms with Crippen molar-refractivity contribution < 1.29 is 36.3 Å². The van der Waals surface area contributed by atoms with Gasteiger partial charge in [0.25, 0.3) is 0 Å². The maximum atomic E-state index is 13.2. The van der Waals surface area contributed by atoms with E-state index in [-0.39, 0.29) is 17.3 Å². The summed E-state index contributed by atoms with van der Waals surface area (Å²) in [5, 5.41) is 0.466. The number of carbonyl (C=O) groups excluding carboxylic acids is 1. The standard InChI is InChI=1S/C20H21NO8S/c1-25-15-9-14-12(8-16(15)29-30(5,23)24)13(10-21-14)19(22)11-6-17(26-2)20(28-4)18(7-11)27-3/h6-10,21H,1-5H3. The van der Waals surface area contributed by atoms with Gasteiger partial charge in [0.1, 0.15) is 0 Å². The first-order chi connectivity index (χ1) is 14.2. The third-order valence-electron chi connectivity index (χ3n) is 4.38. The lowest BCUT2D eigenvalue weighted by atomic mass is 10.0. The fourth-order valence-electron chi connectivity index (χ4n) is 3.07. The maximum Gasteiger partial charge on any atom is 0.306 e. The van der Waals surface area contributed by atoms with E-state index in [1.807, 2.05) is 0 Å². The first-order valence-corrected chi connectivity index (χ1v) is 10.5. The molecule has 0 atom stereocenters. The Morgan fingerprint density at radius 2 is 1.43 bits per heavy atom. The summed E-state index contributed by atoms with van der Waals surface area (Å²) in [6.07, 6.45) is 2.45. The lowest BCUT2D eigenvalue weighted by Crippen LogP contribution is -2.07. The molecule has 2 aromatic carbocycles. The third kappa shape index (κ3) is 3.99. The molecular weight excluding hydrogens is 414 g/mol. The van der Waals surface area contributed by atoms with Crippen molar-refractivity contribution in [2.75, 3.05) is 34.7 Å². The van der Waals surface area contributed by atoms with Gasteiger partial charge in [-0.3, -0.25) is 4.79 Å². The van der Waals surface area contributed by atoms with Crippen LogP contribution in [0.2, 0.25) is 0 Å². The number of hydrogen-bond acceptors (Lipinski definition) is 8. The molecule has 1 N–H and O–H groups in total. The summed E-state index contributed by atoms with van der Waals surface area (Å²) in [4.78, 5) is 16.2. The second-order valence-electron chi connectivity index (χ2n) is 6.28. The Balaban J connectivity index is 2.15. The van der Waals surface area contributed by atoms with E-state index in [1.54, 1.807) is 18.2 Å². The number of benzene rings is 2. The number of methoxy groups -OCH3 is 4. The number of hydrogen-bond donors (Lipinski definition) is 1. The number of fused-ring (bicyclic) bond motifs is 1. The zero-order valence-electron chi connectivity index (χ0n) is 17.1. The Morgan fingerprint density at radius 3 is 1.93 bits per heavy atom. The van der Waals surface area contributed by atoms with Gasteiger partial charge in [-0.05, 0) is 18.2 Å². The Hall–Kier alpha value is -3.40. The molecule has 0 aliphatic carbocycles. The van der Waals surface area contributed by atoms with Crippen LogP contribution in [0.5, 0.6) is 28.7 Å². The van der Waals surface area contributed by atoms with E-state index in [0.717, 1.165) is 6.26 Å². The van der Waals surface area contributed by atoms with Gasteiger partial charge in [-0.1, -0.05) is 0 Å². The molecule has 1 aromatic heterocycles. The molecule has 0 spiro atoms. The molecule has 30 heavy (non-hydrogen) atoms. The van der Waals surface area contributed by atoms with Crippen LogP contribution < -0.4 is 23.1 Å². The van der Waals surface area contributed by atoms with E-state index in [4.69, 9.17) is 23.1 Å². The lowest BCUT2D eigenvalue weighted by Gasteiger charge is -2.13. The molecule has 0 fully saturated rings. The van der Waals surface area contributed by atoms with Gasteiger partial charge in [-0.15, -0.1) is 0 Å². The largest absolute Gasteiger partial charge is 0.493 e. The van der Waals surface area contributed by atoms with Crippen molar-refractivity contribution in [1.82, 2.24) is 4.98 Å². The fourth-order valence-corrected chi connectivity index (χ4v) is 3.53. The number of carbonyl (C=O) groups is 1. The highest BCUT2D eigenvalue weighted by Gasteiger charge is 2.22. The molecule has 0 unspecified atom stereocenters. The van der Waals surface area contributed by atoms with Gasteiger partial charge in [0.15, 0.2) is 28.8 Å². The minimum absolute atomic E-state index is 0.0222. The Bertz CT molecular complexity index is 1190. The minimum Gasteiger partial charge on any atom is -0.493 e. The Labute approximate surface area is 173 Å². The van der Waals surface area contributed by atoms with Crippen molar-refractivity contribution in [2.45, 2.75) is 0 Å². The summed E-state index contributed by atoms with van der Waals surface area (Å²) in [7, 11) is 1.98. The highest BCUT2D eigenvalue weighted by Crippen LogP contribution is 2.40. The summed E-state index contributed by atoms with van der Waals surface area (Å²) in [5.74, 6) is 0.887. The van der Waals surface area contributed by atoms with Crippen molar-refractivity contribution in [1.29, 1.82) is 0 Å². The molecule has 1 heterocycles. The smallest absolute Gasteiger partial charge is 0.306 e. The predicted octanol–water partition coefficient (Wildman–Crippen LogP) is 2.77. The summed E-state index contributed by atoms with van der Waals surface area (Å²) in [6, 6.07) is 6.08. The summed E-state index contributed by atoms with van der Waals surface area (Å²) < 4.78 is 49.3. The maximum absolute atomic E-state index is 13.2. The molecule has 0 saturated carbocycles. The molecule has 0 radical (unpaired) electrons. The van der Waals surface area contributed by atoms with E-state index < -0.39 is 10.1 Å². The molecule has 0 saturated heterocycles. The van der Waals surface area contributed by atoms with Gasteiger partial charge >= 0.3 is 10.1 Å². The average molecular weight is 435 g/mol. The Kier molecular flexibility index (Phi) is 5.79. The summed E-state index contributed by atoms with van der Waals surface area (Å²) in [5.41, 5.74) is 1.18. The number of nitrogens with one attached hydrogen (secondary N) is 1. The third-order valence-corrected chi connectivity index (χ3v) is 4.86. The molecule has 9 nitrogen and oxygen atoms in total. The number of ether oxygens (including phenoxy) is 4. The molecule has 0 aliphatic rings. The molecule has 10 heteroatoms. The van der Waals surface area contributed by atoms with Crippen LogP contribution >= 0.6 is 0 Å². The van der Waals surface area contributed by atoms with Crippen LogP contribution in [0.3, 0.4) is 0 Å². The quantitative estimate of drug-likeness (QED) is 0.424. The van der Waals surface area contributed by atoms with Gasteiger partial charge < -0.3 is 28.1 Å².